The molecule has 0 aromatic heterocycles. The van der Waals surface area contributed by atoms with Crippen LogP contribution in [0.1, 0.15) is 5.56 Å². The Balaban J connectivity index is 1.76. The summed E-state index contributed by atoms with van der Waals surface area (Å²) in [6.07, 6.45) is 1.37. The van der Waals surface area contributed by atoms with E-state index in [9.17, 15) is 15.2 Å². The number of phenolic OH excluding ortho intramolecular Hbond substituents is 1. The smallest absolute Gasteiger partial charge is 0.271 e. The molecular formula is C20H15BrN2O5. The van der Waals surface area contributed by atoms with Crippen molar-refractivity contribution >= 4 is 33.5 Å². The lowest BCUT2D eigenvalue weighted by atomic mass is 10.2. The first-order valence-electron chi connectivity index (χ1n) is 8.09. The molecule has 0 atom stereocenters. The molecule has 8 heteroatoms. The molecule has 0 heterocycles. The number of aromatic hydroxyl groups is 1. The van der Waals surface area contributed by atoms with Crippen molar-refractivity contribution < 1.29 is 19.5 Å². The van der Waals surface area contributed by atoms with Crippen LogP contribution >= 0.6 is 15.9 Å². The van der Waals surface area contributed by atoms with Gasteiger partial charge in [-0.2, -0.15) is 0 Å². The SMILES string of the molecule is COc1cccc(Oc2ccc(N=Cc3cc([N+](=O)[O-])cc(Br)c3O)cc2)c1. The van der Waals surface area contributed by atoms with Gasteiger partial charge in [0.25, 0.3) is 5.69 Å². The summed E-state index contributed by atoms with van der Waals surface area (Å²) in [4.78, 5) is 14.7. The molecule has 7 nitrogen and oxygen atoms in total. The van der Waals surface area contributed by atoms with E-state index in [0.29, 0.717) is 22.9 Å². The van der Waals surface area contributed by atoms with Crippen molar-refractivity contribution in [2.75, 3.05) is 7.11 Å². The van der Waals surface area contributed by atoms with Gasteiger partial charge in [0.2, 0.25) is 0 Å². The second-order valence-corrected chi connectivity index (χ2v) is 6.51. The molecule has 142 valence electrons. The van der Waals surface area contributed by atoms with Gasteiger partial charge in [-0.1, -0.05) is 6.07 Å². The second-order valence-electron chi connectivity index (χ2n) is 5.66. The first kappa shape index (κ1) is 19.4. The number of hydrogen-bond acceptors (Lipinski definition) is 6. The molecule has 0 aliphatic carbocycles. The van der Waals surface area contributed by atoms with Gasteiger partial charge in [-0.05, 0) is 52.3 Å². The lowest BCUT2D eigenvalue weighted by Crippen LogP contribution is -1.91. The number of ether oxygens (including phenoxy) is 2. The molecule has 0 aliphatic heterocycles. The van der Waals surface area contributed by atoms with Gasteiger partial charge in [0, 0.05) is 30.0 Å². The second kappa shape index (κ2) is 8.53. The van der Waals surface area contributed by atoms with Gasteiger partial charge in [0.15, 0.2) is 0 Å². The molecule has 0 saturated carbocycles. The monoisotopic (exact) mass is 442 g/mol. The number of halogens is 1. The first-order chi connectivity index (χ1) is 13.5. The molecule has 1 N–H and O–H groups in total. The lowest BCUT2D eigenvalue weighted by Gasteiger charge is -2.07. The van der Waals surface area contributed by atoms with Crippen LogP contribution in [-0.4, -0.2) is 23.4 Å². The molecule has 3 rings (SSSR count). The van der Waals surface area contributed by atoms with Crippen LogP contribution in [0.4, 0.5) is 11.4 Å². The number of nitrogens with zero attached hydrogens (tertiary/aromatic N) is 2. The number of nitro groups is 1. The third-order valence-electron chi connectivity index (χ3n) is 3.75. The number of aliphatic imine (C=N–C) groups is 1. The Morgan fingerprint density at radius 3 is 2.46 bits per heavy atom. The van der Waals surface area contributed by atoms with E-state index in [-0.39, 0.29) is 21.5 Å². The third-order valence-corrected chi connectivity index (χ3v) is 4.36. The lowest BCUT2D eigenvalue weighted by molar-refractivity contribution is -0.385. The van der Waals surface area contributed by atoms with Crippen LogP contribution in [0.2, 0.25) is 0 Å². The summed E-state index contributed by atoms with van der Waals surface area (Å²) >= 11 is 3.10. The van der Waals surface area contributed by atoms with Crippen LogP contribution < -0.4 is 9.47 Å². The van der Waals surface area contributed by atoms with Gasteiger partial charge in [0.1, 0.15) is 23.0 Å². The summed E-state index contributed by atoms with van der Waals surface area (Å²) in [6, 6.07) is 16.7. The largest absolute Gasteiger partial charge is 0.506 e. The minimum Gasteiger partial charge on any atom is -0.506 e. The van der Waals surface area contributed by atoms with Crippen LogP contribution in [0, 0.1) is 10.1 Å². The van der Waals surface area contributed by atoms with E-state index in [4.69, 9.17) is 9.47 Å². The molecule has 0 aliphatic rings. The first-order valence-corrected chi connectivity index (χ1v) is 8.88. The highest BCUT2D eigenvalue weighted by molar-refractivity contribution is 9.10. The van der Waals surface area contributed by atoms with E-state index in [1.54, 1.807) is 37.4 Å². The van der Waals surface area contributed by atoms with Gasteiger partial charge in [-0.25, -0.2) is 0 Å². The maximum atomic E-state index is 11.0. The highest BCUT2D eigenvalue weighted by atomic mass is 79.9. The quantitative estimate of drug-likeness (QED) is 0.304. The molecule has 0 amide bonds. The molecular weight excluding hydrogens is 428 g/mol. The van der Waals surface area contributed by atoms with Crippen LogP contribution in [0.3, 0.4) is 0 Å². The fourth-order valence-corrected chi connectivity index (χ4v) is 2.82. The van der Waals surface area contributed by atoms with E-state index >= 15 is 0 Å². The average Bonchev–Trinajstić information content (AvgIpc) is 2.70. The molecule has 0 unspecified atom stereocenters. The molecule has 0 fully saturated rings. The zero-order chi connectivity index (χ0) is 20.1. The van der Waals surface area contributed by atoms with Gasteiger partial charge < -0.3 is 14.6 Å². The summed E-state index contributed by atoms with van der Waals surface area (Å²) in [6.45, 7) is 0. The Labute approximate surface area is 169 Å². The maximum Gasteiger partial charge on any atom is 0.271 e. The highest BCUT2D eigenvalue weighted by Gasteiger charge is 2.13. The summed E-state index contributed by atoms with van der Waals surface area (Å²) in [5, 5.41) is 21.0. The normalized spacial score (nSPS) is 10.8. The van der Waals surface area contributed by atoms with Crippen molar-refractivity contribution in [3.05, 3.63) is 80.8 Å². The standard InChI is InChI=1S/C20H15BrN2O5/c1-27-17-3-2-4-18(11-17)28-16-7-5-14(6-8-16)22-12-13-9-15(23(25)26)10-19(21)20(13)24/h2-12,24H,1H3. The number of benzene rings is 3. The Hall–Kier alpha value is -3.39. The van der Waals surface area contributed by atoms with E-state index in [2.05, 4.69) is 20.9 Å². The van der Waals surface area contributed by atoms with E-state index < -0.39 is 4.92 Å². The summed E-state index contributed by atoms with van der Waals surface area (Å²) < 4.78 is 11.2. The van der Waals surface area contributed by atoms with Crippen molar-refractivity contribution in [3.63, 3.8) is 0 Å². The number of nitro benzene ring substituents is 1. The van der Waals surface area contributed by atoms with Crippen molar-refractivity contribution in [1.29, 1.82) is 0 Å². The average molecular weight is 443 g/mol. The summed E-state index contributed by atoms with van der Waals surface area (Å²) in [7, 11) is 1.59. The number of rotatable bonds is 6. The molecule has 0 spiro atoms. The minimum absolute atomic E-state index is 0.118. The van der Waals surface area contributed by atoms with E-state index in [0.717, 1.165) is 0 Å². The zero-order valence-corrected chi connectivity index (χ0v) is 16.3. The van der Waals surface area contributed by atoms with Gasteiger partial charge >= 0.3 is 0 Å². The highest BCUT2D eigenvalue weighted by Crippen LogP contribution is 2.32. The van der Waals surface area contributed by atoms with Crippen molar-refractivity contribution in [2.45, 2.75) is 0 Å². The summed E-state index contributed by atoms with van der Waals surface area (Å²) in [5.41, 5.74) is 0.686. The van der Waals surface area contributed by atoms with Crippen molar-refractivity contribution in [3.8, 4) is 23.0 Å². The van der Waals surface area contributed by atoms with Gasteiger partial charge in [-0.3, -0.25) is 15.1 Å². The topological polar surface area (TPSA) is 94.2 Å². The maximum absolute atomic E-state index is 11.0. The summed E-state index contributed by atoms with van der Waals surface area (Å²) in [5.74, 6) is 1.84. The fraction of sp³-hybridized carbons (Fsp3) is 0.0500. The van der Waals surface area contributed by atoms with Crippen LogP contribution in [0.5, 0.6) is 23.0 Å². The zero-order valence-electron chi connectivity index (χ0n) is 14.7. The Morgan fingerprint density at radius 2 is 1.79 bits per heavy atom. The Morgan fingerprint density at radius 1 is 1.07 bits per heavy atom. The molecule has 3 aromatic carbocycles. The Kier molecular flexibility index (Phi) is 5.90. The molecule has 3 aromatic rings. The minimum atomic E-state index is -0.535. The van der Waals surface area contributed by atoms with Crippen LogP contribution in [0.15, 0.2) is 70.1 Å². The van der Waals surface area contributed by atoms with E-state index in [1.165, 1.54) is 18.3 Å². The number of methoxy groups -OCH3 is 1. The van der Waals surface area contributed by atoms with Crippen LogP contribution in [-0.2, 0) is 0 Å². The number of phenols is 1. The van der Waals surface area contributed by atoms with E-state index in [1.807, 2.05) is 18.2 Å². The molecule has 0 saturated heterocycles. The molecule has 0 radical (unpaired) electrons. The fourth-order valence-electron chi connectivity index (χ4n) is 2.35. The Bertz CT molecular complexity index is 1040. The van der Waals surface area contributed by atoms with Gasteiger partial charge in [0.05, 0.1) is 22.2 Å². The van der Waals surface area contributed by atoms with Crippen LogP contribution in [0.25, 0.3) is 0 Å². The third kappa shape index (κ3) is 4.66. The molecule has 28 heavy (non-hydrogen) atoms. The van der Waals surface area contributed by atoms with Gasteiger partial charge in [-0.15, -0.1) is 0 Å². The predicted octanol–water partition coefficient (Wildman–Crippen LogP) is 5.61. The number of non-ortho nitro benzene ring substituents is 1. The van der Waals surface area contributed by atoms with Crippen molar-refractivity contribution in [1.82, 2.24) is 0 Å². The molecule has 0 bridgehead atoms. The predicted molar refractivity (Wildman–Crippen MR) is 109 cm³/mol. The van der Waals surface area contributed by atoms with Crippen molar-refractivity contribution in [2.24, 2.45) is 4.99 Å². The number of hydrogen-bond donors (Lipinski definition) is 1.